The average molecular weight is 225 g/mol. The molecule has 0 aliphatic heterocycles. The van der Waals surface area contributed by atoms with Gasteiger partial charge < -0.3 is 14.4 Å². The second-order valence-corrected chi connectivity index (χ2v) is 4.73. The van der Waals surface area contributed by atoms with E-state index in [1.807, 2.05) is 0 Å². The van der Waals surface area contributed by atoms with Gasteiger partial charge in [0.2, 0.25) is 0 Å². The van der Waals surface area contributed by atoms with E-state index in [-0.39, 0.29) is 5.41 Å². The second kappa shape index (κ2) is 5.16. The molecule has 1 aromatic rings. The summed E-state index contributed by atoms with van der Waals surface area (Å²) in [7, 11) is 1.68. The fourth-order valence-corrected chi connectivity index (χ4v) is 1.66. The molecule has 0 amide bonds. The van der Waals surface area contributed by atoms with Crippen LogP contribution in [0, 0.1) is 5.41 Å². The van der Waals surface area contributed by atoms with Gasteiger partial charge in [0.05, 0.1) is 0 Å². The van der Waals surface area contributed by atoms with E-state index in [1.54, 1.807) is 30.0 Å². The van der Waals surface area contributed by atoms with Gasteiger partial charge in [0.15, 0.2) is 0 Å². The van der Waals surface area contributed by atoms with E-state index in [1.165, 1.54) is 0 Å². The highest BCUT2D eigenvalue weighted by atomic mass is 16.5. The number of ether oxygens (including phenoxy) is 1. The monoisotopic (exact) mass is 225 g/mol. The van der Waals surface area contributed by atoms with Crippen LogP contribution in [0.25, 0.3) is 0 Å². The van der Waals surface area contributed by atoms with E-state index in [0.29, 0.717) is 18.8 Å². The Morgan fingerprint density at radius 3 is 2.81 bits per heavy atom. The third-order valence-electron chi connectivity index (χ3n) is 2.63. The van der Waals surface area contributed by atoms with E-state index in [0.717, 1.165) is 6.42 Å². The molecule has 0 aliphatic rings. The molecular weight excluding hydrogens is 206 g/mol. The maximum absolute atomic E-state index is 10.9. The van der Waals surface area contributed by atoms with Gasteiger partial charge in [-0.15, -0.1) is 0 Å². The van der Waals surface area contributed by atoms with Crippen LogP contribution in [-0.4, -0.2) is 29.4 Å². The van der Waals surface area contributed by atoms with Crippen LogP contribution in [0.15, 0.2) is 18.3 Å². The van der Waals surface area contributed by atoms with Crippen molar-refractivity contribution in [3.63, 3.8) is 0 Å². The first kappa shape index (κ1) is 12.8. The van der Waals surface area contributed by atoms with E-state index in [9.17, 15) is 4.79 Å². The summed E-state index contributed by atoms with van der Waals surface area (Å²) < 4.78 is 6.82. The summed E-state index contributed by atoms with van der Waals surface area (Å²) in [6, 6.07) is 3.38. The SMILES string of the molecule is COCCC(C)(C)Cn1cccc1C(=O)O. The molecule has 4 nitrogen and oxygen atoms in total. The van der Waals surface area contributed by atoms with E-state index in [2.05, 4.69) is 13.8 Å². The maximum atomic E-state index is 10.9. The van der Waals surface area contributed by atoms with Crippen molar-refractivity contribution in [2.45, 2.75) is 26.8 Å². The van der Waals surface area contributed by atoms with Crippen LogP contribution in [0.5, 0.6) is 0 Å². The van der Waals surface area contributed by atoms with Crippen molar-refractivity contribution in [2.24, 2.45) is 5.41 Å². The minimum atomic E-state index is -0.882. The third-order valence-corrected chi connectivity index (χ3v) is 2.63. The highest BCUT2D eigenvalue weighted by molar-refractivity contribution is 5.85. The molecule has 90 valence electrons. The summed E-state index contributed by atoms with van der Waals surface area (Å²) in [5.41, 5.74) is 0.365. The van der Waals surface area contributed by atoms with Crippen molar-refractivity contribution >= 4 is 5.97 Å². The molecule has 1 aromatic heterocycles. The minimum Gasteiger partial charge on any atom is -0.477 e. The van der Waals surface area contributed by atoms with Gasteiger partial charge in [0.25, 0.3) is 0 Å². The van der Waals surface area contributed by atoms with Crippen LogP contribution in [-0.2, 0) is 11.3 Å². The number of methoxy groups -OCH3 is 1. The van der Waals surface area contributed by atoms with Crippen LogP contribution in [0.1, 0.15) is 30.8 Å². The van der Waals surface area contributed by atoms with Crippen molar-refractivity contribution in [1.29, 1.82) is 0 Å². The lowest BCUT2D eigenvalue weighted by Crippen LogP contribution is -2.23. The second-order valence-electron chi connectivity index (χ2n) is 4.73. The molecule has 1 rings (SSSR count). The minimum absolute atomic E-state index is 0.0270. The molecule has 0 aliphatic carbocycles. The summed E-state index contributed by atoms with van der Waals surface area (Å²) >= 11 is 0. The third kappa shape index (κ3) is 3.38. The molecule has 0 spiro atoms. The van der Waals surface area contributed by atoms with Crippen LogP contribution in [0.3, 0.4) is 0 Å². The lowest BCUT2D eigenvalue weighted by molar-refractivity contribution is 0.0680. The summed E-state index contributed by atoms with van der Waals surface area (Å²) in [6.45, 7) is 5.59. The lowest BCUT2D eigenvalue weighted by Gasteiger charge is -2.25. The predicted octanol–water partition coefficient (Wildman–Crippen LogP) is 2.25. The Morgan fingerprint density at radius 2 is 2.25 bits per heavy atom. The number of carbonyl (C=O) groups is 1. The highest BCUT2D eigenvalue weighted by Gasteiger charge is 2.20. The molecule has 0 aromatic carbocycles. The molecule has 0 atom stereocenters. The summed E-state index contributed by atoms with van der Waals surface area (Å²) in [5.74, 6) is -0.882. The van der Waals surface area contributed by atoms with Crippen molar-refractivity contribution < 1.29 is 14.6 Å². The molecule has 0 radical (unpaired) electrons. The Bertz CT molecular complexity index is 355. The highest BCUT2D eigenvalue weighted by Crippen LogP contribution is 2.23. The van der Waals surface area contributed by atoms with Gasteiger partial charge in [-0.1, -0.05) is 13.8 Å². The number of aromatic carboxylic acids is 1. The molecule has 0 unspecified atom stereocenters. The van der Waals surface area contributed by atoms with Gasteiger partial charge in [-0.2, -0.15) is 0 Å². The van der Waals surface area contributed by atoms with Crippen molar-refractivity contribution in [3.05, 3.63) is 24.0 Å². The number of carboxylic acids is 1. The van der Waals surface area contributed by atoms with Crippen LogP contribution < -0.4 is 0 Å². The fourth-order valence-electron chi connectivity index (χ4n) is 1.66. The summed E-state index contributed by atoms with van der Waals surface area (Å²) in [6.07, 6.45) is 2.71. The van der Waals surface area contributed by atoms with Crippen LogP contribution >= 0.6 is 0 Å². The lowest BCUT2D eigenvalue weighted by atomic mass is 9.89. The zero-order valence-electron chi connectivity index (χ0n) is 10.1. The molecule has 16 heavy (non-hydrogen) atoms. The molecule has 0 saturated carbocycles. The first-order valence-corrected chi connectivity index (χ1v) is 5.34. The average Bonchev–Trinajstić information content (AvgIpc) is 2.62. The largest absolute Gasteiger partial charge is 0.477 e. The number of hydrogen-bond donors (Lipinski definition) is 1. The van der Waals surface area contributed by atoms with Gasteiger partial charge >= 0.3 is 5.97 Å². The summed E-state index contributed by atoms with van der Waals surface area (Å²) in [5, 5.41) is 8.98. The van der Waals surface area contributed by atoms with Crippen LogP contribution in [0.4, 0.5) is 0 Å². The first-order chi connectivity index (χ1) is 7.46. The molecule has 4 heteroatoms. The molecular formula is C12H19NO3. The van der Waals surface area contributed by atoms with Gasteiger partial charge in [0, 0.05) is 26.5 Å². The van der Waals surface area contributed by atoms with Gasteiger partial charge in [-0.25, -0.2) is 4.79 Å². The Labute approximate surface area is 95.8 Å². The first-order valence-electron chi connectivity index (χ1n) is 5.34. The Kier molecular flexibility index (Phi) is 4.12. The molecule has 1 N–H and O–H groups in total. The fraction of sp³-hybridized carbons (Fsp3) is 0.583. The topological polar surface area (TPSA) is 51.5 Å². The number of hydrogen-bond acceptors (Lipinski definition) is 2. The van der Waals surface area contributed by atoms with E-state index >= 15 is 0 Å². The molecule has 0 fully saturated rings. The van der Waals surface area contributed by atoms with Gasteiger partial charge in [-0.05, 0) is 24.0 Å². The van der Waals surface area contributed by atoms with E-state index < -0.39 is 5.97 Å². The van der Waals surface area contributed by atoms with Crippen molar-refractivity contribution in [2.75, 3.05) is 13.7 Å². The number of aromatic nitrogens is 1. The maximum Gasteiger partial charge on any atom is 0.352 e. The van der Waals surface area contributed by atoms with Crippen LogP contribution in [0.2, 0.25) is 0 Å². The number of nitrogens with zero attached hydrogens (tertiary/aromatic N) is 1. The zero-order chi connectivity index (χ0) is 12.2. The zero-order valence-corrected chi connectivity index (χ0v) is 10.1. The van der Waals surface area contributed by atoms with Crippen molar-refractivity contribution in [3.8, 4) is 0 Å². The quantitative estimate of drug-likeness (QED) is 0.807. The summed E-state index contributed by atoms with van der Waals surface area (Å²) in [4.78, 5) is 10.9. The molecule has 0 bridgehead atoms. The van der Waals surface area contributed by atoms with Gasteiger partial charge in [0.1, 0.15) is 5.69 Å². The number of rotatable bonds is 6. The van der Waals surface area contributed by atoms with Crippen molar-refractivity contribution in [1.82, 2.24) is 4.57 Å². The predicted molar refractivity (Wildman–Crippen MR) is 61.7 cm³/mol. The van der Waals surface area contributed by atoms with Gasteiger partial charge in [-0.3, -0.25) is 0 Å². The number of carboxylic acid groups (broad SMARTS) is 1. The standard InChI is InChI=1S/C12H19NO3/c1-12(2,6-8-16-3)9-13-7-4-5-10(13)11(14)15/h4-5,7H,6,8-9H2,1-3H3,(H,14,15). The Hall–Kier alpha value is -1.29. The Balaban J connectivity index is 2.71. The molecule has 1 heterocycles. The Morgan fingerprint density at radius 1 is 1.56 bits per heavy atom. The smallest absolute Gasteiger partial charge is 0.352 e. The normalized spacial score (nSPS) is 11.7. The van der Waals surface area contributed by atoms with E-state index in [4.69, 9.17) is 9.84 Å². The molecule has 0 saturated heterocycles.